The summed E-state index contributed by atoms with van der Waals surface area (Å²) in [5.74, 6) is -2.52. The quantitative estimate of drug-likeness (QED) is 0.295. The molecule has 0 aliphatic heterocycles. The molecule has 0 bridgehead atoms. The molecule has 0 heterocycles. The number of nitrogens with one attached hydrogen (secondary N) is 2. The van der Waals surface area contributed by atoms with Crippen molar-refractivity contribution in [3.63, 3.8) is 0 Å². The smallest absolute Gasteiger partial charge is 0.339 e. The van der Waals surface area contributed by atoms with Crippen LogP contribution < -0.4 is 10.6 Å². The molecule has 0 aliphatic carbocycles. The molecule has 4 nitrogen and oxygen atoms in total. The Labute approximate surface area is 218 Å². The molecule has 0 saturated heterocycles. The van der Waals surface area contributed by atoms with Gasteiger partial charge in [0.1, 0.15) is 23.7 Å². The number of nitrogens with zero attached hydrogens (tertiary/aromatic N) is 1. The Morgan fingerprint density at radius 3 is 2.05 bits per heavy atom. The Morgan fingerprint density at radius 2 is 1.53 bits per heavy atom. The summed E-state index contributed by atoms with van der Waals surface area (Å²) in [6.45, 7) is 3.54. The van der Waals surface area contributed by atoms with Crippen LogP contribution in [0.25, 0.3) is 11.1 Å². The molecule has 3 aromatic carbocycles. The normalized spacial score (nSPS) is 14.0. The molecule has 0 aromatic heterocycles. The Bertz CT molecular complexity index is 1230. The van der Waals surface area contributed by atoms with Crippen LogP contribution in [0.5, 0.6) is 0 Å². The number of amides is 1. The molecule has 1 amide bonds. The Hall–Kier alpha value is -3.77. The van der Waals surface area contributed by atoms with Crippen molar-refractivity contribution in [1.29, 1.82) is 5.26 Å². The molecule has 2 N–H and O–H groups in total. The summed E-state index contributed by atoms with van der Waals surface area (Å²) in [5, 5.41) is 14.5. The van der Waals surface area contributed by atoms with E-state index in [2.05, 4.69) is 10.6 Å². The van der Waals surface area contributed by atoms with Gasteiger partial charge in [-0.15, -0.1) is 0 Å². The van der Waals surface area contributed by atoms with E-state index in [1.165, 1.54) is 18.2 Å². The van der Waals surface area contributed by atoms with E-state index in [1.807, 2.05) is 12.1 Å². The fourth-order valence-electron chi connectivity index (χ4n) is 4.17. The highest BCUT2D eigenvalue weighted by atomic mass is 19.4. The summed E-state index contributed by atoms with van der Waals surface area (Å²) in [6, 6.07) is 14.5. The van der Waals surface area contributed by atoms with Crippen molar-refractivity contribution >= 4 is 5.91 Å². The number of hydrogen-bond acceptors (Lipinski definition) is 3. The highest BCUT2D eigenvalue weighted by Crippen LogP contribution is 2.35. The van der Waals surface area contributed by atoms with E-state index in [1.54, 1.807) is 38.1 Å². The van der Waals surface area contributed by atoms with Gasteiger partial charge in [-0.1, -0.05) is 74.5 Å². The minimum absolute atomic E-state index is 0.0829. The topological polar surface area (TPSA) is 64.9 Å². The van der Waals surface area contributed by atoms with Gasteiger partial charge in [-0.05, 0) is 41.2 Å². The van der Waals surface area contributed by atoms with Crippen molar-refractivity contribution in [2.45, 2.75) is 51.0 Å². The number of hydrogen-bond donors (Lipinski definition) is 2. The largest absolute Gasteiger partial charge is 0.407 e. The third-order valence-electron chi connectivity index (χ3n) is 5.97. The molecular formula is C29H28F5N3O. The lowest BCUT2D eigenvalue weighted by atomic mass is 9.97. The second-order valence-corrected chi connectivity index (χ2v) is 9.42. The van der Waals surface area contributed by atoms with E-state index in [0.717, 1.165) is 29.8 Å². The first-order chi connectivity index (χ1) is 18.0. The molecule has 3 atom stereocenters. The predicted octanol–water partition coefficient (Wildman–Crippen LogP) is 6.49. The summed E-state index contributed by atoms with van der Waals surface area (Å²) >= 11 is 0. The number of halogens is 5. The van der Waals surface area contributed by atoms with Crippen LogP contribution in [0, 0.1) is 28.9 Å². The molecule has 0 saturated carbocycles. The first kappa shape index (κ1) is 28.8. The second-order valence-electron chi connectivity index (χ2n) is 9.42. The molecule has 0 unspecified atom stereocenters. The molecule has 3 aromatic rings. The first-order valence-electron chi connectivity index (χ1n) is 12.1. The fourth-order valence-corrected chi connectivity index (χ4v) is 4.17. The van der Waals surface area contributed by atoms with Crippen LogP contribution in [0.3, 0.4) is 0 Å². The standard InChI is InChI=1S/C29H28F5N3O/c1-18(2)15-25(28(38)36-22(17-35)16-19-7-4-3-5-8-19)37-27(29(32,33)34)21-13-11-20(12-14-21)26-23(30)9-6-10-24(26)31/h3-14,18,22,25,27,37H,15-16H2,1-2H3,(H,36,38)/t22-,25-,27-/m0/s1. The van der Waals surface area contributed by atoms with Crippen LogP contribution in [-0.2, 0) is 11.2 Å². The number of rotatable bonds is 10. The average molecular weight is 530 g/mol. The maximum atomic E-state index is 14.2. The van der Waals surface area contributed by atoms with Crippen LogP contribution in [0.15, 0.2) is 72.8 Å². The molecule has 0 radical (unpaired) electrons. The summed E-state index contributed by atoms with van der Waals surface area (Å²) in [6.07, 6.45) is -4.49. The van der Waals surface area contributed by atoms with Crippen molar-refractivity contribution in [3.8, 4) is 17.2 Å². The maximum absolute atomic E-state index is 14.2. The van der Waals surface area contributed by atoms with E-state index in [9.17, 15) is 32.0 Å². The van der Waals surface area contributed by atoms with Gasteiger partial charge in [0, 0.05) is 6.42 Å². The van der Waals surface area contributed by atoms with E-state index in [-0.39, 0.29) is 35.4 Å². The molecule has 0 aliphatic rings. The number of alkyl halides is 3. The minimum Gasteiger partial charge on any atom is -0.339 e. The average Bonchev–Trinajstić information content (AvgIpc) is 2.86. The van der Waals surface area contributed by atoms with Crippen molar-refractivity contribution in [1.82, 2.24) is 10.6 Å². The molecule has 38 heavy (non-hydrogen) atoms. The zero-order valence-corrected chi connectivity index (χ0v) is 20.9. The number of benzene rings is 3. The van der Waals surface area contributed by atoms with Gasteiger partial charge in [-0.25, -0.2) is 8.78 Å². The summed E-state index contributed by atoms with van der Waals surface area (Å²) < 4.78 is 70.8. The van der Waals surface area contributed by atoms with Crippen LogP contribution in [-0.4, -0.2) is 24.2 Å². The summed E-state index contributed by atoms with van der Waals surface area (Å²) in [5.41, 5.74) is 0.320. The highest BCUT2D eigenvalue weighted by molar-refractivity contribution is 5.82. The van der Waals surface area contributed by atoms with E-state index < -0.39 is 41.8 Å². The molecule has 3 rings (SSSR count). The van der Waals surface area contributed by atoms with Gasteiger partial charge >= 0.3 is 6.18 Å². The van der Waals surface area contributed by atoms with Gasteiger partial charge in [0.15, 0.2) is 0 Å². The van der Waals surface area contributed by atoms with E-state index in [4.69, 9.17) is 0 Å². The van der Waals surface area contributed by atoms with Crippen LogP contribution in [0.2, 0.25) is 0 Å². The lowest BCUT2D eigenvalue weighted by molar-refractivity contribution is -0.161. The molecule has 0 fully saturated rings. The third-order valence-corrected chi connectivity index (χ3v) is 5.97. The Kier molecular flexibility index (Phi) is 9.59. The van der Waals surface area contributed by atoms with Crippen LogP contribution in [0.4, 0.5) is 22.0 Å². The lowest BCUT2D eigenvalue weighted by Crippen LogP contribution is -2.51. The number of nitriles is 1. The van der Waals surface area contributed by atoms with Crippen LogP contribution >= 0.6 is 0 Å². The third kappa shape index (κ3) is 7.62. The van der Waals surface area contributed by atoms with Gasteiger partial charge in [-0.2, -0.15) is 18.4 Å². The highest BCUT2D eigenvalue weighted by Gasteiger charge is 2.43. The van der Waals surface area contributed by atoms with Crippen molar-refractivity contribution in [2.75, 3.05) is 0 Å². The van der Waals surface area contributed by atoms with Gasteiger partial charge < -0.3 is 5.32 Å². The van der Waals surface area contributed by atoms with Gasteiger partial charge in [0.2, 0.25) is 5.91 Å². The van der Waals surface area contributed by atoms with E-state index in [0.29, 0.717) is 0 Å². The van der Waals surface area contributed by atoms with Crippen molar-refractivity contribution in [3.05, 3.63) is 95.6 Å². The zero-order chi connectivity index (χ0) is 27.9. The maximum Gasteiger partial charge on any atom is 0.407 e. The second kappa shape index (κ2) is 12.7. The monoisotopic (exact) mass is 529 g/mol. The van der Waals surface area contributed by atoms with Gasteiger partial charge in [0.05, 0.1) is 17.7 Å². The van der Waals surface area contributed by atoms with Crippen LogP contribution in [0.1, 0.15) is 37.4 Å². The molecule has 200 valence electrons. The molecular weight excluding hydrogens is 501 g/mol. The summed E-state index contributed by atoms with van der Waals surface area (Å²) in [7, 11) is 0. The number of carbonyl (C=O) groups excluding carboxylic acids is 1. The minimum atomic E-state index is -4.78. The summed E-state index contributed by atoms with van der Waals surface area (Å²) in [4.78, 5) is 13.1. The fraction of sp³-hybridized carbons (Fsp3) is 0.310. The Morgan fingerprint density at radius 1 is 0.921 bits per heavy atom. The predicted molar refractivity (Wildman–Crippen MR) is 135 cm³/mol. The lowest BCUT2D eigenvalue weighted by Gasteiger charge is -2.29. The molecule has 0 spiro atoms. The number of carbonyl (C=O) groups is 1. The van der Waals surface area contributed by atoms with Gasteiger partial charge in [-0.3, -0.25) is 10.1 Å². The first-order valence-corrected chi connectivity index (χ1v) is 12.1. The van der Waals surface area contributed by atoms with E-state index >= 15 is 0 Å². The zero-order valence-electron chi connectivity index (χ0n) is 20.9. The molecule has 9 heteroatoms. The van der Waals surface area contributed by atoms with Crippen molar-refractivity contribution in [2.24, 2.45) is 5.92 Å². The Balaban J connectivity index is 1.84. The van der Waals surface area contributed by atoms with Gasteiger partial charge in [0.25, 0.3) is 0 Å². The van der Waals surface area contributed by atoms with Crippen molar-refractivity contribution < 1.29 is 26.7 Å². The SMILES string of the molecule is CC(C)C[C@H](N[C@@H](c1ccc(-c2c(F)cccc2F)cc1)C(F)(F)F)C(=O)N[C@H](C#N)Cc1ccccc1.